The van der Waals surface area contributed by atoms with Gasteiger partial charge >= 0.3 is 0 Å². The normalized spacial score (nSPS) is 40.1. The molecule has 2 aromatic rings. The van der Waals surface area contributed by atoms with Gasteiger partial charge in [0.1, 0.15) is 0 Å². The molecule has 3 unspecified atom stereocenters. The summed E-state index contributed by atoms with van der Waals surface area (Å²) >= 11 is 1.88. The lowest BCUT2D eigenvalue weighted by Crippen LogP contribution is -2.61. The van der Waals surface area contributed by atoms with E-state index in [-0.39, 0.29) is 22.3 Å². The van der Waals surface area contributed by atoms with Crippen LogP contribution in [-0.2, 0) is 14.3 Å². The van der Waals surface area contributed by atoms with Crippen LogP contribution in [0.2, 0.25) is 0 Å². The largest absolute Gasteiger partial charge is 0.472 e. The van der Waals surface area contributed by atoms with Gasteiger partial charge in [-0.25, -0.2) is 0 Å². The molecule has 4 aliphatic rings. The van der Waals surface area contributed by atoms with Crippen molar-refractivity contribution in [2.45, 2.75) is 100 Å². The maximum Gasteiger partial charge on any atom is 0.296 e. The maximum atomic E-state index is 12.5. The van der Waals surface area contributed by atoms with E-state index in [2.05, 4.69) is 19.9 Å². The van der Waals surface area contributed by atoms with E-state index in [4.69, 9.17) is 8.60 Å². The lowest BCUT2D eigenvalue weighted by molar-refractivity contribution is -0.200. The fraction of sp³-hybridized carbons (Fsp3) is 0.688. The Morgan fingerprint density at radius 1 is 1.00 bits per heavy atom. The van der Waals surface area contributed by atoms with E-state index in [9.17, 15) is 13.5 Å². The number of benzene rings is 1. The summed E-state index contributed by atoms with van der Waals surface area (Å²) in [6.07, 6.45) is 13.8. The summed E-state index contributed by atoms with van der Waals surface area (Å²) in [6.45, 7) is 7.04. The molecule has 5 nitrogen and oxygen atoms in total. The van der Waals surface area contributed by atoms with Crippen LogP contribution in [0.15, 0.2) is 52.2 Å². The van der Waals surface area contributed by atoms with Gasteiger partial charge in [-0.2, -0.15) is 20.2 Å². The maximum absolute atomic E-state index is 12.5. The second-order valence-electron chi connectivity index (χ2n) is 13.4. The minimum absolute atomic E-state index is 0.0762. The smallest absolute Gasteiger partial charge is 0.296 e. The molecule has 1 heterocycles. The van der Waals surface area contributed by atoms with Crippen LogP contribution in [0, 0.1) is 35.5 Å². The van der Waals surface area contributed by atoms with Crippen LogP contribution in [0.1, 0.15) is 88.7 Å². The number of rotatable bonds is 7. The van der Waals surface area contributed by atoms with E-state index < -0.39 is 15.7 Å². The molecule has 6 rings (SSSR count). The lowest BCUT2D eigenvalue weighted by atomic mass is 9.43. The zero-order valence-electron chi connectivity index (χ0n) is 23.6. The first kappa shape index (κ1) is 27.9. The molecule has 4 saturated carbocycles. The molecule has 1 N–H and O–H groups in total. The zero-order valence-corrected chi connectivity index (χ0v) is 25.2. The first-order valence-corrected chi connectivity index (χ1v) is 17.3. The van der Waals surface area contributed by atoms with Crippen molar-refractivity contribution in [1.82, 2.24) is 0 Å². The Hall–Kier alpha value is -1.28. The van der Waals surface area contributed by atoms with Crippen LogP contribution >= 0.6 is 11.8 Å². The van der Waals surface area contributed by atoms with Crippen molar-refractivity contribution in [3.05, 3.63) is 54.0 Å². The highest BCUT2D eigenvalue weighted by molar-refractivity contribution is 7.99. The monoisotopic (exact) mass is 572 g/mol. The lowest BCUT2D eigenvalue weighted by Gasteiger charge is -2.63. The van der Waals surface area contributed by atoms with E-state index in [1.807, 2.05) is 24.9 Å². The van der Waals surface area contributed by atoms with E-state index in [0.29, 0.717) is 34.7 Å². The highest BCUT2D eigenvalue weighted by Crippen LogP contribution is 2.70. The Balaban J connectivity index is 1.06. The van der Waals surface area contributed by atoms with Crippen LogP contribution in [0.5, 0.6) is 0 Å². The van der Waals surface area contributed by atoms with E-state index in [0.717, 1.165) is 31.2 Å². The molecule has 8 atom stereocenters. The number of aliphatic hydroxyl groups is 1. The number of aryl methyl sites for hydroxylation is 1. The topological polar surface area (TPSA) is 76.7 Å². The molecule has 0 amide bonds. The van der Waals surface area contributed by atoms with Gasteiger partial charge in [-0.1, -0.05) is 31.5 Å². The van der Waals surface area contributed by atoms with Gasteiger partial charge < -0.3 is 9.52 Å². The summed E-state index contributed by atoms with van der Waals surface area (Å²) < 4.78 is 35.8. The van der Waals surface area contributed by atoms with Crippen molar-refractivity contribution in [3.8, 4) is 0 Å². The fourth-order valence-electron chi connectivity index (χ4n) is 9.48. The van der Waals surface area contributed by atoms with Crippen molar-refractivity contribution in [1.29, 1.82) is 0 Å². The van der Waals surface area contributed by atoms with Gasteiger partial charge in [0.15, 0.2) is 0 Å². The fourth-order valence-corrected chi connectivity index (χ4v) is 11.7. The molecule has 0 aliphatic heterocycles. The summed E-state index contributed by atoms with van der Waals surface area (Å²) in [5.74, 6) is 2.74. The van der Waals surface area contributed by atoms with Crippen LogP contribution < -0.4 is 0 Å². The van der Waals surface area contributed by atoms with Crippen LogP contribution in [0.4, 0.5) is 0 Å². The quantitative estimate of drug-likeness (QED) is 0.276. The van der Waals surface area contributed by atoms with Crippen molar-refractivity contribution in [2.24, 2.45) is 28.6 Å². The third-order valence-corrected chi connectivity index (χ3v) is 14.4. The molecular weight excluding hydrogens is 528 g/mol. The summed E-state index contributed by atoms with van der Waals surface area (Å²) in [5.41, 5.74) is 1.92. The van der Waals surface area contributed by atoms with Gasteiger partial charge in [0.25, 0.3) is 10.1 Å². The van der Waals surface area contributed by atoms with Crippen molar-refractivity contribution >= 4 is 21.9 Å². The number of hydrogen-bond donors (Lipinski definition) is 1. The molecular formula is C32H44O5S2. The van der Waals surface area contributed by atoms with Gasteiger partial charge in [0, 0.05) is 16.4 Å². The number of thioether (sulfide) groups is 1. The second kappa shape index (κ2) is 10.2. The molecule has 4 aliphatic carbocycles. The average molecular weight is 573 g/mol. The molecule has 214 valence electrons. The van der Waals surface area contributed by atoms with Gasteiger partial charge in [0.05, 0.1) is 29.6 Å². The van der Waals surface area contributed by atoms with E-state index in [1.54, 1.807) is 30.5 Å². The van der Waals surface area contributed by atoms with Gasteiger partial charge in [-0.05, 0) is 118 Å². The molecule has 4 fully saturated rings. The van der Waals surface area contributed by atoms with Gasteiger partial charge in [0.2, 0.25) is 0 Å². The minimum Gasteiger partial charge on any atom is -0.472 e. The zero-order chi connectivity index (χ0) is 27.5. The average Bonchev–Trinajstić information content (AvgIpc) is 3.53. The summed E-state index contributed by atoms with van der Waals surface area (Å²) in [4.78, 5) is 0.229. The van der Waals surface area contributed by atoms with Crippen molar-refractivity contribution in [3.63, 3.8) is 0 Å². The van der Waals surface area contributed by atoms with E-state index >= 15 is 0 Å². The highest BCUT2D eigenvalue weighted by Gasteiger charge is 2.67. The number of hydrogen-bond acceptors (Lipinski definition) is 6. The Morgan fingerprint density at radius 3 is 2.54 bits per heavy atom. The molecule has 7 heteroatoms. The Morgan fingerprint density at radius 2 is 1.79 bits per heavy atom. The standard InChI is InChI=1S/C32H44O5S2/c1-22-4-7-26(8-5-22)39(34,35)37-18-19-38-25-10-14-30(2)24(20-25)6-9-29-28(30)11-15-31(3)27(12-16-32(29,31)33)23-13-17-36-21-23/h4-5,7-8,13,17,21,24-25,27-29,33H,6,9-12,14-16,18-20H2,1-3H3/t24?,25?,27?,28-,29-,30+,31-,32-/m1/s1. The molecule has 0 bridgehead atoms. The molecule has 39 heavy (non-hydrogen) atoms. The van der Waals surface area contributed by atoms with Crippen molar-refractivity contribution < 1.29 is 22.1 Å². The molecule has 0 saturated heterocycles. The predicted molar refractivity (Wildman–Crippen MR) is 155 cm³/mol. The van der Waals surface area contributed by atoms with Crippen LogP contribution in [0.25, 0.3) is 0 Å². The van der Waals surface area contributed by atoms with Crippen LogP contribution in [-0.4, -0.2) is 36.7 Å². The Bertz CT molecular complexity index is 1260. The summed E-state index contributed by atoms with van der Waals surface area (Å²) in [6, 6.07) is 8.94. The molecule has 0 spiro atoms. The van der Waals surface area contributed by atoms with Crippen LogP contribution in [0.3, 0.4) is 0 Å². The molecule has 0 radical (unpaired) electrons. The van der Waals surface area contributed by atoms with Gasteiger partial charge in [-0.3, -0.25) is 4.18 Å². The van der Waals surface area contributed by atoms with E-state index in [1.165, 1.54) is 37.7 Å². The van der Waals surface area contributed by atoms with Gasteiger partial charge in [-0.15, -0.1) is 0 Å². The summed E-state index contributed by atoms with van der Waals surface area (Å²) in [5, 5.41) is 13.0. The highest BCUT2D eigenvalue weighted by atomic mass is 32.2. The third-order valence-electron chi connectivity index (χ3n) is 11.7. The number of fused-ring (bicyclic) bond motifs is 5. The minimum atomic E-state index is -3.70. The third kappa shape index (κ3) is 4.64. The summed E-state index contributed by atoms with van der Waals surface area (Å²) in [7, 11) is -3.70. The Labute approximate surface area is 238 Å². The number of furan rings is 1. The molecule has 1 aromatic carbocycles. The Kier molecular flexibility index (Phi) is 7.30. The molecule has 1 aromatic heterocycles. The SMILES string of the molecule is Cc1ccc(S(=O)(=O)OCCSC2CC[C@@]3(C)C(CC[C@@H]4[C@H]3CC[C@]3(C)C(c5ccoc5)CC[C@@]43O)C2)cc1. The first-order chi connectivity index (χ1) is 18.6. The first-order valence-electron chi connectivity index (χ1n) is 14.9. The van der Waals surface area contributed by atoms with Crippen molar-refractivity contribution in [2.75, 3.05) is 12.4 Å². The second-order valence-corrected chi connectivity index (χ2v) is 16.4. The predicted octanol–water partition coefficient (Wildman–Crippen LogP) is 7.34.